The lowest BCUT2D eigenvalue weighted by Gasteiger charge is -2.26. The van der Waals surface area contributed by atoms with Gasteiger partial charge in [-0.1, -0.05) is 12.8 Å². The molecule has 2 aliphatic rings. The van der Waals surface area contributed by atoms with Gasteiger partial charge in [-0.2, -0.15) is 10.5 Å². The van der Waals surface area contributed by atoms with Crippen molar-refractivity contribution in [2.24, 2.45) is 0 Å². The molecule has 0 unspecified atom stereocenters. The Bertz CT molecular complexity index is 926. The van der Waals surface area contributed by atoms with Crippen LogP contribution < -0.4 is 4.74 Å². The van der Waals surface area contributed by atoms with Crippen LogP contribution in [0.1, 0.15) is 62.5 Å². The van der Waals surface area contributed by atoms with Crippen LogP contribution in [0.2, 0.25) is 0 Å². The van der Waals surface area contributed by atoms with Crippen LogP contribution >= 0.6 is 0 Å². The third-order valence-electron chi connectivity index (χ3n) is 6.37. The van der Waals surface area contributed by atoms with Crippen molar-refractivity contribution in [3.63, 3.8) is 0 Å². The number of benzene rings is 2. The van der Waals surface area contributed by atoms with E-state index < -0.39 is 0 Å². The zero-order valence-corrected chi connectivity index (χ0v) is 22.0. The van der Waals surface area contributed by atoms with E-state index in [4.69, 9.17) is 20.4 Å². The fraction of sp³-hybridized carbons (Fsp3) is 0.533. The van der Waals surface area contributed by atoms with Gasteiger partial charge in [-0.05, 0) is 113 Å². The highest BCUT2D eigenvalue weighted by Gasteiger charge is 2.09. The van der Waals surface area contributed by atoms with E-state index in [1.807, 2.05) is 18.2 Å². The standard InChI is InChI=1S/C15H20N2O.C8H17NO.C7H4FN/c16-13-14-5-7-15(8-6-14)18-12-4-11-17-9-2-1-3-10-17;10-8-4-7-9-5-2-1-3-6-9;8-7-3-1-6(5-9)2-4-7/h5-8H,1-4,9-12H2;10H,1-8H2;1-4H. The van der Waals surface area contributed by atoms with E-state index in [2.05, 4.69) is 15.9 Å². The molecule has 0 atom stereocenters. The van der Waals surface area contributed by atoms with Crippen LogP contribution in [-0.4, -0.2) is 67.4 Å². The van der Waals surface area contributed by atoms with E-state index in [9.17, 15) is 4.39 Å². The van der Waals surface area contributed by atoms with Crippen LogP contribution in [0.15, 0.2) is 48.5 Å². The number of halogens is 1. The summed E-state index contributed by atoms with van der Waals surface area (Å²) >= 11 is 0. The molecule has 1 N–H and O–H groups in total. The molecule has 200 valence electrons. The van der Waals surface area contributed by atoms with Gasteiger partial charge in [0.2, 0.25) is 0 Å². The van der Waals surface area contributed by atoms with E-state index >= 15 is 0 Å². The topological polar surface area (TPSA) is 83.5 Å². The van der Waals surface area contributed by atoms with Crippen LogP contribution in [0.4, 0.5) is 4.39 Å². The Morgan fingerprint density at radius 3 is 1.62 bits per heavy atom. The summed E-state index contributed by atoms with van der Waals surface area (Å²) in [6, 6.07) is 16.7. The van der Waals surface area contributed by atoms with Gasteiger partial charge in [0.1, 0.15) is 11.6 Å². The Balaban J connectivity index is 0.000000214. The first-order valence-electron chi connectivity index (χ1n) is 13.5. The first kappa shape index (κ1) is 30.3. The summed E-state index contributed by atoms with van der Waals surface area (Å²) in [6.07, 6.45) is 10.2. The number of nitriles is 2. The van der Waals surface area contributed by atoms with Crippen molar-refractivity contribution in [3.8, 4) is 17.9 Å². The predicted octanol–water partition coefficient (Wildman–Crippen LogP) is 5.37. The minimum absolute atomic E-state index is 0.311. The largest absolute Gasteiger partial charge is 0.494 e. The Kier molecular flexibility index (Phi) is 15.7. The third kappa shape index (κ3) is 13.8. The summed E-state index contributed by atoms with van der Waals surface area (Å²) in [4.78, 5) is 4.96. The number of rotatable bonds is 8. The van der Waals surface area contributed by atoms with Crippen molar-refractivity contribution >= 4 is 0 Å². The second-order valence-corrected chi connectivity index (χ2v) is 9.34. The Hall–Kier alpha value is -2.97. The number of aliphatic hydroxyl groups is 1. The molecule has 2 heterocycles. The molecule has 0 aliphatic carbocycles. The Morgan fingerprint density at radius 2 is 1.16 bits per heavy atom. The number of hydrogen-bond acceptors (Lipinski definition) is 6. The molecule has 2 aromatic carbocycles. The summed E-state index contributed by atoms with van der Waals surface area (Å²) in [7, 11) is 0. The maximum Gasteiger partial charge on any atom is 0.123 e. The van der Waals surface area contributed by atoms with E-state index in [-0.39, 0.29) is 5.82 Å². The van der Waals surface area contributed by atoms with E-state index in [1.54, 1.807) is 12.1 Å². The molecule has 37 heavy (non-hydrogen) atoms. The fourth-order valence-corrected chi connectivity index (χ4v) is 4.29. The summed E-state index contributed by atoms with van der Waals surface area (Å²) in [5, 5.41) is 25.5. The molecule has 0 bridgehead atoms. The minimum atomic E-state index is -0.311. The highest BCUT2D eigenvalue weighted by atomic mass is 19.1. The van der Waals surface area contributed by atoms with Gasteiger partial charge < -0.3 is 19.6 Å². The van der Waals surface area contributed by atoms with E-state index in [1.165, 1.54) is 89.0 Å². The molecule has 4 rings (SSSR count). The number of nitrogens with zero attached hydrogens (tertiary/aromatic N) is 4. The normalized spacial score (nSPS) is 15.7. The van der Waals surface area contributed by atoms with Crippen molar-refractivity contribution < 1.29 is 14.2 Å². The third-order valence-corrected chi connectivity index (χ3v) is 6.37. The van der Waals surface area contributed by atoms with Crippen LogP contribution in [0.3, 0.4) is 0 Å². The second kappa shape index (κ2) is 19.2. The zero-order valence-electron chi connectivity index (χ0n) is 22.0. The molecule has 0 amide bonds. The smallest absolute Gasteiger partial charge is 0.123 e. The van der Waals surface area contributed by atoms with Crippen molar-refractivity contribution in [3.05, 3.63) is 65.5 Å². The average molecular weight is 509 g/mol. The first-order chi connectivity index (χ1) is 18.1. The SMILES string of the molecule is N#Cc1ccc(F)cc1.N#Cc1ccc(OCCCN2CCCCC2)cc1.OCCCN1CCCCC1. The van der Waals surface area contributed by atoms with Gasteiger partial charge in [-0.15, -0.1) is 0 Å². The monoisotopic (exact) mass is 508 g/mol. The van der Waals surface area contributed by atoms with Crippen molar-refractivity contribution in [2.45, 2.75) is 51.4 Å². The lowest BCUT2D eigenvalue weighted by molar-refractivity contribution is 0.198. The molecular formula is C30H41FN4O2. The molecule has 0 saturated carbocycles. The van der Waals surface area contributed by atoms with Gasteiger partial charge in [-0.3, -0.25) is 0 Å². The second-order valence-electron chi connectivity index (χ2n) is 9.34. The number of likely N-dealkylation sites (tertiary alicyclic amines) is 2. The maximum absolute atomic E-state index is 12.1. The molecule has 2 saturated heterocycles. The molecule has 0 spiro atoms. The molecule has 2 aliphatic heterocycles. The van der Waals surface area contributed by atoms with Gasteiger partial charge in [0.15, 0.2) is 0 Å². The number of ether oxygens (including phenoxy) is 1. The number of aliphatic hydroxyl groups excluding tert-OH is 1. The van der Waals surface area contributed by atoms with Gasteiger partial charge >= 0.3 is 0 Å². The summed E-state index contributed by atoms with van der Waals surface area (Å²) < 4.78 is 17.8. The molecular weight excluding hydrogens is 467 g/mol. The minimum Gasteiger partial charge on any atom is -0.494 e. The number of piperidine rings is 2. The van der Waals surface area contributed by atoms with Gasteiger partial charge in [-0.25, -0.2) is 4.39 Å². The van der Waals surface area contributed by atoms with Crippen LogP contribution in [-0.2, 0) is 0 Å². The van der Waals surface area contributed by atoms with Crippen molar-refractivity contribution in [1.29, 1.82) is 10.5 Å². The van der Waals surface area contributed by atoms with Crippen LogP contribution in [0.5, 0.6) is 5.75 Å². The zero-order chi connectivity index (χ0) is 26.6. The highest BCUT2D eigenvalue weighted by molar-refractivity contribution is 5.34. The van der Waals surface area contributed by atoms with Crippen molar-refractivity contribution in [1.82, 2.24) is 9.80 Å². The van der Waals surface area contributed by atoms with E-state index in [0.717, 1.165) is 38.3 Å². The highest BCUT2D eigenvalue weighted by Crippen LogP contribution is 2.13. The van der Waals surface area contributed by atoms with Gasteiger partial charge in [0.25, 0.3) is 0 Å². The predicted molar refractivity (Wildman–Crippen MR) is 145 cm³/mol. The fourth-order valence-electron chi connectivity index (χ4n) is 4.29. The molecule has 0 aromatic heterocycles. The Morgan fingerprint density at radius 1 is 0.703 bits per heavy atom. The summed E-state index contributed by atoms with van der Waals surface area (Å²) in [6.45, 7) is 8.32. The van der Waals surface area contributed by atoms with Gasteiger partial charge in [0, 0.05) is 19.7 Å². The van der Waals surface area contributed by atoms with Gasteiger partial charge in [0.05, 0.1) is 29.9 Å². The summed E-state index contributed by atoms with van der Waals surface area (Å²) in [5.74, 6) is 0.543. The Labute approximate surface area is 221 Å². The quantitative estimate of drug-likeness (QED) is 0.483. The van der Waals surface area contributed by atoms with Crippen molar-refractivity contribution in [2.75, 3.05) is 52.5 Å². The first-order valence-corrected chi connectivity index (χ1v) is 13.5. The lowest BCUT2D eigenvalue weighted by Crippen LogP contribution is -2.31. The van der Waals surface area contributed by atoms with E-state index in [0.29, 0.717) is 17.7 Å². The molecule has 2 aromatic rings. The lowest BCUT2D eigenvalue weighted by atomic mass is 10.1. The van der Waals surface area contributed by atoms with Crippen LogP contribution in [0.25, 0.3) is 0 Å². The molecule has 2 fully saturated rings. The van der Waals surface area contributed by atoms with Crippen LogP contribution in [0, 0.1) is 28.5 Å². The maximum atomic E-state index is 12.1. The molecule has 0 radical (unpaired) electrons. The molecule has 7 heteroatoms. The number of hydrogen-bond donors (Lipinski definition) is 1. The average Bonchev–Trinajstić information content (AvgIpc) is 2.97. The molecule has 6 nitrogen and oxygen atoms in total. The summed E-state index contributed by atoms with van der Waals surface area (Å²) in [5.41, 5.74) is 1.16.